The molecule has 1 atom stereocenters. The van der Waals surface area contributed by atoms with Gasteiger partial charge < -0.3 is 5.32 Å². The Kier molecular flexibility index (Phi) is 5.60. The van der Waals surface area contributed by atoms with Gasteiger partial charge in [-0.2, -0.15) is 0 Å². The van der Waals surface area contributed by atoms with Crippen LogP contribution in [-0.4, -0.2) is 6.54 Å². The first-order chi connectivity index (χ1) is 10.0. The Morgan fingerprint density at radius 1 is 1.00 bits per heavy atom. The minimum absolute atomic E-state index is 0.416. The predicted molar refractivity (Wildman–Crippen MR) is 94.5 cm³/mol. The van der Waals surface area contributed by atoms with Crippen molar-refractivity contribution >= 4 is 11.3 Å². The largest absolute Gasteiger partial charge is 0.310 e. The third kappa shape index (κ3) is 3.96. The average Bonchev–Trinajstić information content (AvgIpc) is 2.85. The topological polar surface area (TPSA) is 12.0 Å². The SMILES string of the molecule is CCNC(Cc1ccc(CC)s1)c1c(C)cc(C)cc1C. The molecular weight excluding hydrogens is 274 g/mol. The molecular formula is C19H27NS. The van der Waals surface area contributed by atoms with Crippen LogP contribution in [-0.2, 0) is 12.8 Å². The van der Waals surface area contributed by atoms with Crippen molar-refractivity contribution < 1.29 is 0 Å². The highest BCUT2D eigenvalue weighted by Gasteiger charge is 2.17. The molecule has 2 rings (SSSR count). The fourth-order valence-corrected chi connectivity index (χ4v) is 4.19. The molecule has 114 valence electrons. The van der Waals surface area contributed by atoms with Gasteiger partial charge in [-0.25, -0.2) is 0 Å². The standard InChI is InChI=1S/C19H27NS/c1-6-16-8-9-17(21-16)12-18(20-7-2)19-14(4)10-13(3)11-15(19)5/h8-11,18,20H,6-7,12H2,1-5H3. The van der Waals surface area contributed by atoms with Crippen molar-refractivity contribution in [2.75, 3.05) is 6.54 Å². The van der Waals surface area contributed by atoms with E-state index in [0.717, 1.165) is 19.4 Å². The van der Waals surface area contributed by atoms with Crippen LogP contribution in [0.3, 0.4) is 0 Å². The number of thiophene rings is 1. The molecule has 1 unspecified atom stereocenters. The minimum atomic E-state index is 0.416. The molecule has 0 aliphatic rings. The van der Waals surface area contributed by atoms with E-state index in [1.54, 1.807) is 0 Å². The van der Waals surface area contributed by atoms with Crippen LogP contribution in [0.25, 0.3) is 0 Å². The van der Waals surface area contributed by atoms with Crippen LogP contribution in [0.1, 0.15) is 51.9 Å². The first kappa shape index (κ1) is 16.3. The Morgan fingerprint density at radius 2 is 1.62 bits per heavy atom. The number of likely N-dealkylation sites (N-methyl/N-ethyl adjacent to an activating group) is 1. The van der Waals surface area contributed by atoms with Gasteiger partial charge in [-0.05, 0) is 62.6 Å². The van der Waals surface area contributed by atoms with E-state index in [4.69, 9.17) is 0 Å². The monoisotopic (exact) mass is 301 g/mol. The molecule has 0 spiro atoms. The predicted octanol–water partition coefficient (Wildman–Crippen LogP) is 5.13. The molecule has 1 aromatic heterocycles. The number of aryl methyl sites for hydroxylation is 4. The van der Waals surface area contributed by atoms with E-state index in [1.807, 2.05) is 11.3 Å². The normalized spacial score (nSPS) is 12.6. The molecule has 1 aromatic carbocycles. The molecule has 0 saturated heterocycles. The van der Waals surface area contributed by atoms with Crippen molar-refractivity contribution in [2.24, 2.45) is 0 Å². The summed E-state index contributed by atoms with van der Waals surface area (Å²) in [6.45, 7) is 12.1. The lowest BCUT2D eigenvalue weighted by molar-refractivity contribution is 0.548. The average molecular weight is 301 g/mol. The van der Waals surface area contributed by atoms with Crippen molar-refractivity contribution in [1.29, 1.82) is 0 Å². The summed E-state index contributed by atoms with van der Waals surface area (Å²) in [4.78, 5) is 2.97. The highest BCUT2D eigenvalue weighted by molar-refractivity contribution is 7.11. The summed E-state index contributed by atoms with van der Waals surface area (Å²) in [6.07, 6.45) is 2.22. The first-order valence-electron chi connectivity index (χ1n) is 7.93. The fourth-order valence-electron chi connectivity index (χ4n) is 3.19. The summed E-state index contributed by atoms with van der Waals surface area (Å²) in [6, 6.07) is 9.60. The quantitative estimate of drug-likeness (QED) is 0.780. The van der Waals surface area contributed by atoms with Gasteiger partial charge in [-0.1, -0.05) is 31.5 Å². The molecule has 0 amide bonds. The Labute approximate surface area is 133 Å². The fraction of sp³-hybridized carbons (Fsp3) is 0.474. The number of hydrogen-bond acceptors (Lipinski definition) is 2. The van der Waals surface area contributed by atoms with Crippen molar-refractivity contribution in [3.63, 3.8) is 0 Å². The molecule has 1 heterocycles. The lowest BCUT2D eigenvalue weighted by Gasteiger charge is -2.22. The van der Waals surface area contributed by atoms with Gasteiger partial charge in [0.15, 0.2) is 0 Å². The van der Waals surface area contributed by atoms with Crippen molar-refractivity contribution in [1.82, 2.24) is 5.32 Å². The molecule has 2 aromatic rings. The maximum atomic E-state index is 3.68. The van der Waals surface area contributed by atoms with Crippen LogP contribution in [0, 0.1) is 20.8 Å². The molecule has 1 N–H and O–H groups in total. The number of nitrogens with one attached hydrogen (secondary N) is 1. The second kappa shape index (κ2) is 7.24. The van der Waals surface area contributed by atoms with Gasteiger partial charge in [0.1, 0.15) is 0 Å². The zero-order valence-electron chi connectivity index (χ0n) is 13.9. The molecule has 21 heavy (non-hydrogen) atoms. The second-order valence-corrected chi connectivity index (χ2v) is 7.10. The molecule has 2 heteroatoms. The Balaban J connectivity index is 2.30. The van der Waals surface area contributed by atoms with Gasteiger partial charge in [0, 0.05) is 22.2 Å². The van der Waals surface area contributed by atoms with Crippen LogP contribution in [0.5, 0.6) is 0 Å². The summed E-state index contributed by atoms with van der Waals surface area (Å²) in [7, 11) is 0. The highest BCUT2D eigenvalue weighted by atomic mass is 32.1. The molecule has 0 fully saturated rings. The van der Waals surface area contributed by atoms with Gasteiger partial charge in [0.2, 0.25) is 0 Å². The molecule has 0 aliphatic carbocycles. The Bertz CT molecular complexity index is 574. The lowest BCUT2D eigenvalue weighted by atomic mass is 9.92. The zero-order chi connectivity index (χ0) is 15.4. The number of benzene rings is 1. The third-order valence-electron chi connectivity index (χ3n) is 4.01. The van der Waals surface area contributed by atoms with E-state index in [0.29, 0.717) is 6.04 Å². The Hall–Kier alpha value is -1.12. The third-order valence-corrected chi connectivity index (χ3v) is 5.26. The number of hydrogen-bond donors (Lipinski definition) is 1. The second-order valence-electron chi connectivity index (χ2n) is 5.85. The lowest BCUT2D eigenvalue weighted by Crippen LogP contribution is -2.24. The van der Waals surface area contributed by atoms with Gasteiger partial charge in [-0.3, -0.25) is 0 Å². The van der Waals surface area contributed by atoms with Crippen LogP contribution in [0.15, 0.2) is 24.3 Å². The van der Waals surface area contributed by atoms with Crippen LogP contribution < -0.4 is 5.32 Å². The van der Waals surface area contributed by atoms with Crippen molar-refractivity contribution in [3.8, 4) is 0 Å². The zero-order valence-corrected chi connectivity index (χ0v) is 14.7. The van der Waals surface area contributed by atoms with Crippen molar-refractivity contribution in [2.45, 2.75) is 53.5 Å². The Morgan fingerprint density at radius 3 is 2.14 bits per heavy atom. The van der Waals surface area contributed by atoms with Gasteiger partial charge in [-0.15, -0.1) is 11.3 Å². The molecule has 0 bridgehead atoms. The molecule has 0 aliphatic heterocycles. The van der Waals surface area contributed by atoms with Gasteiger partial charge >= 0.3 is 0 Å². The summed E-state index contributed by atoms with van der Waals surface area (Å²) < 4.78 is 0. The molecule has 0 saturated carbocycles. The van der Waals surface area contributed by atoms with Crippen molar-refractivity contribution in [3.05, 3.63) is 56.3 Å². The highest BCUT2D eigenvalue weighted by Crippen LogP contribution is 2.29. The molecule has 1 nitrogen and oxygen atoms in total. The van der Waals surface area contributed by atoms with E-state index in [-0.39, 0.29) is 0 Å². The van der Waals surface area contributed by atoms with E-state index >= 15 is 0 Å². The summed E-state index contributed by atoms with van der Waals surface area (Å²) in [5.41, 5.74) is 5.65. The van der Waals surface area contributed by atoms with E-state index in [1.165, 1.54) is 32.0 Å². The maximum absolute atomic E-state index is 3.68. The van der Waals surface area contributed by atoms with Crippen LogP contribution >= 0.6 is 11.3 Å². The summed E-state index contributed by atoms with van der Waals surface area (Å²) >= 11 is 1.96. The molecule has 0 radical (unpaired) electrons. The van der Waals surface area contributed by atoms with Gasteiger partial charge in [0.25, 0.3) is 0 Å². The first-order valence-corrected chi connectivity index (χ1v) is 8.75. The minimum Gasteiger partial charge on any atom is -0.310 e. The van der Waals surface area contributed by atoms with E-state index < -0.39 is 0 Å². The van der Waals surface area contributed by atoms with E-state index in [9.17, 15) is 0 Å². The summed E-state index contributed by atoms with van der Waals surface area (Å²) in [5.74, 6) is 0. The smallest absolute Gasteiger partial charge is 0.0373 e. The number of rotatable bonds is 6. The summed E-state index contributed by atoms with van der Waals surface area (Å²) in [5, 5.41) is 3.68. The maximum Gasteiger partial charge on any atom is 0.0373 e. The van der Waals surface area contributed by atoms with Crippen LogP contribution in [0.4, 0.5) is 0 Å². The van der Waals surface area contributed by atoms with Crippen LogP contribution in [0.2, 0.25) is 0 Å². The van der Waals surface area contributed by atoms with E-state index in [2.05, 4.69) is 64.2 Å². The van der Waals surface area contributed by atoms with Gasteiger partial charge in [0.05, 0.1) is 0 Å².